The fraction of sp³-hybridized carbons (Fsp3) is 0.769. The van der Waals surface area contributed by atoms with Crippen LogP contribution >= 0.6 is 0 Å². The molecule has 0 spiro atoms. The van der Waals surface area contributed by atoms with E-state index in [2.05, 4.69) is 25.2 Å². The van der Waals surface area contributed by atoms with E-state index in [0.717, 1.165) is 32.0 Å². The van der Waals surface area contributed by atoms with Crippen molar-refractivity contribution in [1.29, 1.82) is 0 Å². The van der Waals surface area contributed by atoms with Gasteiger partial charge in [-0.05, 0) is 12.3 Å². The molecule has 0 radical (unpaired) electrons. The second kappa shape index (κ2) is 10.7. The lowest BCUT2D eigenvalue weighted by Crippen LogP contribution is -2.01. The lowest BCUT2D eigenvalue weighted by atomic mass is 10.1. The molecule has 3 heteroatoms. The molecule has 0 unspecified atom stereocenters. The molecule has 94 valence electrons. The van der Waals surface area contributed by atoms with Gasteiger partial charge in [0.15, 0.2) is 0 Å². The summed E-state index contributed by atoms with van der Waals surface area (Å²) in [7, 11) is 0. The highest BCUT2D eigenvalue weighted by atomic mass is 16.6. The maximum absolute atomic E-state index is 10.6. The second-order valence-electron chi connectivity index (χ2n) is 4.23. The Morgan fingerprint density at radius 1 is 1.38 bits per heavy atom. The van der Waals surface area contributed by atoms with Crippen molar-refractivity contribution < 1.29 is 14.3 Å². The molecule has 0 bridgehead atoms. The molecule has 3 nitrogen and oxygen atoms in total. The van der Waals surface area contributed by atoms with E-state index < -0.39 is 0 Å². The number of unbranched alkanes of at least 4 members (excludes halogenated alkanes) is 2. The number of hydrogen-bond acceptors (Lipinski definition) is 3. The second-order valence-corrected chi connectivity index (χ2v) is 4.23. The van der Waals surface area contributed by atoms with E-state index in [-0.39, 0.29) is 5.97 Å². The number of esters is 1. The largest absolute Gasteiger partial charge is 0.463 e. The van der Waals surface area contributed by atoms with Crippen LogP contribution < -0.4 is 0 Å². The first-order valence-electron chi connectivity index (χ1n) is 6.03. The van der Waals surface area contributed by atoms with Gasteiger partial charge in [-0.25, -0.2) is 4.79 Å². The Bertz CT molecular complexity index is 183. The van der Waals surface area contributed by atoms with Crippen molar-refractivity contribution in [1.82, 2.24) is 0 Å². The van der Waals surface area contributed by atoms with Crippen LogP contribution in [0.15, 0.2) is 12.7 Å². The molecule has 0 aliphatic carbocycles. The summed E-state index contributed by atoms with van der Waals surface area (Å²) in [5.74, 6) is 0.458. The molecular weight excluding hydrogens is 204 g/mol. The van der Waals surface area contributed by atoms with Crippen LogP contribution in [0.4, 0.5) is 0 Å². The molecule has 1 fully saturated rings. The van der Waals surface area contributed by atoms with Crippen LogP contribution in [0.3, 0.4) is 0 Å². The molecule has 0 aromatic rings. The van der Waals surface area contributed by atoms with Crippen LogP contribution in [0.25, 0.3) is 0 Å². The predicted molar refractivity (Wildman–Crippen MR) is 65.3 cm³/mol. The van der Waals surface area contributed by atoms with Gasteiger partial charge in [-0.2, -0.15) is 0 Å². The number of epoxide rings is 1. The van der Waals surface area contributed by atoms with E-state index in [9.17, 15) is 4.79 Å². The molecule has 0 aromatic carbocycles. The fourth-order valence-corrected chi connectivity index (χ4v) is 1.06. The molecule has 1 aliphatic rings. The van der Waals surface area contributed by atoms with E-state index in [1.54, 1.807) is 0 Å². The Labute approximate surface area is 98.8 Å². The Kier molecular flexibility index (Phi) is 10.1. The van der Waals surface area contributed by atoms with E-state index in [1.807, 2.05) is 0 Å². The summed E-state index contributed by atoms with van der Waals surface area (Å²) in [5.41, 5.74) is 0. The van der Waals surface area contributed by atoms with Crippen LogP contribution in [0.5, 0.6) is 0 Å². The highest BCUT2D eigenvalue weighted by Crippen LogP contribution is 2.07. The Balaban J connectivity index is 0.000000635. The zero-order valence-corrected chi connectivity index (χ0v) is 10.5. The average Bonchev–Trinajstić information content (AvgIpc) is 3.09. The lowest BCUT2D eigenvalue weighted by molar-refractivity contribution is -0.137. The molecule has 1 saturated heterocycles. The van der Waals surface area contributed by atoms with Crippen LogP contribution in [0.2, 0.25) is 0 Å². The summed E-state index contributed by atoms with van der Waals surface area (Å²) in [6.45, 7) is 10.3. The number of carbonyl (C=O) groups is 1. The van der Waals surface area contributed by atoms with Crippen molar-refractivity contribution in [2.75, 3.05) is 19.8 Å². The maximum atomic E-state index is 10.6. The highest BCUT2D eigenvalue weighted by Gasteiger charge is 1.96. The van der Waals surface area contributed by atoms with Gasteiger partial charge in [0.1, 0.15) is 0 Å². The zero-order chi connectivity index (χ0) is 12.2. The maximum Gasteiger partial charge on any atom is 0.330 e. The number of rotatable bonds is 7. The highest BCUT2D eigenvalue weighted by molar-refractivity contribution is 5.81. The third-order valence-corrected chi connectivity index (χ3v) is 2.04. The van der Waals surface area contributed by atoms with E-state index in [4.69, 9.17) is 4.74 Å². The summed E-state index contributed by atoms with van der Waals surface area (Å²) in [4.78, 5) is 10.6. The molecule has 1 aliphatic heterocycles. The van der Waals surface area contributed by atoms with Crippen LogP contribution in [-0.2, 0) is 14.3 Å². The smallest absolute Gasteiger partial charge is 0.330 e. The summed E-state index contributed by atoms with van der Waals surface area (Å²) < 4.78 is 9.34. The van der Waals surface area contributed by atoms with Gasteiger partial charge in [0, 0.05) is 6.08 Å². The summed E-state index contributed by atoms with van der Waals surface area (Å²) in [6, 6.07) is 0. The Hall–Kier alpha value is -0.830. The van der Waals surface area contributed by atoms with Crippen molar-refractivity contribution in [2.24, 2.45) is 5.92 Å². The van der Waals surface area contributed by atoms with Gasteiger partial charge < -0.3 is 9.47 Å². The third kappa shape index (κ3) is 15.6. The van der Waals surface area contributed by atoms with Gasteiger partial charge in [-0.15, -0.1) is 0 Å². The van der Waals surface area contributed by atoms with Gasteiger partial charge in [-0.1, -0.05) is 39.7 Å². The standard InChI is InChI=1S/C11H20O2.C2H4O/c1-4-11(12)13-9-7-5-6-8-10(2)3;1-2-3-1/h4,10H,1,5-9H2,2-3H3;1-2H2. The number of carbonyl (C=O) groups excluding carboxylic acids is 1. The quantitative estimate of drug-likeness (QED) is 0.291. The number of ether oxygens (including phenoxy) is 2. The summed E-state index contributed by atoms with van der Waals surface area (Å²) in [6.07, 6.45) is 5.79. The van der Waals surface area contributed by atoms with Gasteiger partial charge in [-0.3, -0.25) is 0 Å². The van der Waals surface area contributed by atoms with Gasteiger partial charge in [0.25, 0.3) is 0 Å². The molecule has 0 amide bonds. The van der Waals surface area contributed by atoms with Gasteiger partial charge in [0.2, 0.25) is 0 Å². The lowest BCUT2D eigenvalue weighted by Gasteiger charge is -2.04. The Morgan fingerprint density at radius 3 is 2.44 bits per heavy atom. The monoisotopic (exact) mass is 228 g/mol. The van der Waals surface area contributed by atoms with E-state index in [0.29, 0.717) is 6.61 Å². The summed E-state index contributed by atoms with van der Waals surface area (Å²) in [5, 5.41) is 0. The van der Waals surface area contributed by atoms with E-state index >= 15 is 0 Å². The predicted octanol–water partition coefficient (Wildman–Crippen LogP) is 2.95. The first-order valence-corrected chi connectivity index (χ1v) is 6.03. The average molecular weight is 228 g/mol. The first-order chi connectivity index (χ1) is 7.66. The topological polar surface area (TPSA) is 38.8 Å². The minimum absolute atomic E-state index is 0.316. The first kappa shape index (κ1) is 15.2. The molecule has 0 atom stereocenters. The molecule has 0 aromatic heterocycles. The zero-order valence-electron chi connectivity index (χ0n) is 10.5. The van der Waals surface area contributed by atoms with Crippen molar-refractivity contribution in [3.05, 3.63) is 12.7 Å². The normalized spacial score (nSPS) is 12.7. The molecule has 16 heavy (non-hydrogen) atoms. The summed E-state index contributed by atoms with van der Waals surface area (Å²) >= 11 is 0. The fourth-order valence-electron chi connectivity index (χ4n) is 1.06. The third-order valence-electron chi connectivity index (χ3n) is 2.04. The molecule has 1 heterocycles. The minimum Gasteiger partial charge on any atom is -0.463 e. The molecular formula is C13H24O3. The number of hydrogen-bond donors (Lipinski definition) is 0. The van der Waals surface area contributed by atoms with Gasteiger partial charge in [0.05, 0.1) is 19.8 Å². The van der Waals surface area contributed by atoms with Crippen LogP contribution in [-0.4, -0.2) is 25.8 Å². The molecule has 1 rings (SSSR count). The van der Waals surface area contributed by atoms with Crippen molar-refractivity contribution in [3.8, 4) is 0 Å². The molecule has 0 N–H and O–H groups in total. The van der Waals surface area contributed by atoms with Crippen molar-refractivity contribution in [3.63, 3.8) is 0 Å². The van der Waals surface area contributed by atoms with Crippen molar-refractivity contribution >= 4 is 5.97 Å². The van der Waals surface area contributed by atoms with Gasteiger partial charge >= 0.3 is 5.97 Å². The van der Waals surface area contributed by atoms with Crippen molar-refractivity contribution in [2.45, 2.75) is 39.5 Å². The van der Waals surface area contributed by atoms with Crippen LogP contribution in [0, 0.1) is 5.92 Å². The molecule has 0 saturated carbocycles. The SMILES string of the molecule is C1CO1.C=CC(=O)OCCCCCC(C)C. The Morgan fingerprint density at radius 2 is 2.00 bits per heavy atom. The van der Waals surface area contributed by atoms with Crippen LogP contribution in [0.1, 0.15) is 39.5 Å². The minimum atomic E-state index is -0.316. The van der Waals surface area contributed by atoms with E-state index in [1.165, 1.54) is 18.9 Å².